The summed E-state index contributed by atoms with van der Waals surface area (Å²) < 4.78 is 10.6. The Morgan fingerprint density at radius 1 is 1.03 bits per heavy atom. The first-order valence-electron chi connectivity index (χ1n) is 8.76. The summed E-state index contributed by atoms with van der Waals surface area (Å²) in [5.41, 5.74) is 1.73. The summed E-state index contributed by atoms with van der Waals surface area (Å²) in [6, 6.07) is 13.1. The topological polar surface area (TPSA) is 137 Å². The lowest BCUT2D eigenvalue weighted by Gasteiger charge is -2.18. The van der Waals surface area contributed by atoms with Gasteiger partial charge in [0.2, 0.25) is 0 Å². The highest BCUT2D eigenvalue weighted by Crippen LogP contribution is 2.16. The summed E-state index contributed by atoms with van der Waals surface area (Å²) in [4.78, 5) is 41.0. The predicted molar refractivity (Wildman–Crippen MR) is 104 cm³/mol. The van der Waals surface area contributed by atoms with E-state index in [1.54, 1.807) is 42.5 Å². The molecular weight excluding hydrogens is 376 g/mol. The van der Waals surface area contributed by atoms with Gasteiger partial charge >= 0.3 is 11.7 Å². The molecule has 0 aliphatic heterocycles. The van der Waals surface area contributed by atoms with Gasteiger partial charge in [0.25, 0.3) is 5.91 Å². The molecule has 9 nitrogen and oxygen atoms in total. The maximum absolute atomic E-state index is 12.3. The first-order valence-corrected chi connectivity index (χ1v) is 8.76. The van der Waals surface area contributed by atoms with Crippen molar-refractivity contribution in [2.24, 2.45) is 0 Å². The number of esters is 1. The highest BCUT2D eigenvalue weighted by atomic mass is 16.6. The smallest absolute Gasteiger partial charge is 0.347 e. The van der Waals surface area contributed by atoms with Crippen molar-refractivity contribution in [2.45, 2.75) is 26.1 Å². The van der Waals surface area contributed by atoms with Gasteiger partial charge in [-0.1, -0.05) is 0 Å². The van der Waals surface area contributed by atoms with Gasteiger partial charge in [-0.15, -0.1) is 0 Å². The summed E-state index contributed by atoms with van der Waals surface area (Å²) in [6.07, 6.45) is -2.00. The Bertz CT molecular complexity index is 1140. The van der Waals surface area contributed by atoms with Crippen LogP contribution in [0.1, 0.15) is 19.4 Å². The van der Waals surface area contributed by atoms with Crippen LogP contribution in [-0.2, 0) is 14.3 Å². The Balaban J connectivity index is 1.56. The van der Waals surface area contributed by atoms with Crippen molar-refractivity contribution in [2.75, 3.05) is 5.32 Å². The minimum atomic E-state index is -1.06. The average Bonchev–Trinajstić information content (AvgIpc) is 3.07. The zero-order valence-electron chi connectivity index (χ0n) is 15.7. The lowest BCUT2D eigenvalue weighted by Crippen LogP contribution is -2.35. The Labute approximate surface area is 165 Å². The van der Waals surface area contributed by atoms with E-state index in [2.05, 4.69) is 15.3 Å². The van der Waals surface area contributed by atoms with Gasteiger partial charge in [-0.05, 0) is 56.3 Å². The molecule has 0 saturated heterocycles. The highest BCUT2D eigenvalue weighted by Gasteiger charge is 2.23. The highest BCUT2D eigenvalue weighted by molar-refractivity contribution is 5.96. The van der Waals surface area contributed by atoms with E-state index in [4.69, 9.17) is 14.7 Å². The third-order valence-corrected chi connectivity index (χ3v) is 4.07. The molecular formula is C20H18N4O5. The number of carbonyl (C=O) groups excluding carboxylic acids is 2. The van der Waals surface area contributed by atoms with E-state index in [9.17, 15) is 14.4 Å². The second-order valence-corrected chi connectivity index (χ2v) is 6.30. The quantitative estimate of drug-likeness (QED) is 0.547. The number of aromatic nitrogens is 2. The van der Waals surface area contributed by atoms with Crippen LogP contribution in [0.5, 0.6) is 5.75 Å². The summed E-state index contributed by atoms with van der Waals surface area (Å²) in [5.74, 6) is -0.831. The van der Waals surface area contributed by atoms with Gasteiger partial charge in [-0.2, -0.15) is 5.26 Å². The number of H-pyrrole nitrogens is 2. The van der Waals surface area contributed by atoms with Crippen molar-refractivity contribution in [3.63, 3.8) is 0 Å². The summed E-state index contributed by atoms with van der Waals surface area (Å²) in [5, 5.41) is 11.4. The molecule has 0 aliphatic rings. The van der Waals surface area contributed by atoms with Gasteiger partial charge in [0.05, 0.1) is 22.7 Å². The van der Waals surface area contributed by atoms with Crippen molar-refractivity contribution in [1.82, 2.24) is 9.97 Å². The number of aromatic amines is 2. The van der Waals surface area contributed by atoms with Crippen molar-refractivity contribution >= 4 is 28.6 Å². The molecule has 0 radical (unpaired) electrons. The van der Waals surface area contributed by atoms with Crippen LogP contribution in [-0.4, -0.2) is 34.1 Å². The van der Waals surface area contributed by atoms with Crippen LogP contribution >= 0.6 is 0 Å². The molecule has 148 valence electrons. The third kappa shape index (κ3) is 4.81. The van der Waals surface area contributed by atoms with E-state index in [0.717, 1.165) is 0 Å². The van der Waals surface area contributed by atoms with Crippen LogP contribution in [0, 0.1) is 11.3 Å². The summed E-state index contributed by atoms with van der Waals surface area (Å²) in [7, 11) is 0. The first kappa shape index (κ1) is 19.7. The molecule has 1 amide bonds. The van der Waals surface area contributed by atoms with Crippen LogP contribution in [0.25, 0.3) is 11.0 Å². The lowest BCUT2D eigenvalue weighted by atomic mass is 10.2. The van der Waals surface area contributed by atoms with Crippen LogP contribution < -0.4 is 15.7 Å². The number of imidazole rings is 1. The summed E-state index contributed by atoms with van der Waals surface area (Å²) in [6.45, 7) is 2.94. The van der Waals surface area contributed by atoms with E-state index in [-0.39, 0.29) is 5.69 Å². The molecule has 0 unspecified atom stereocenters. The van der Waals surface area contributed by atoms with Crippen LogP contribution in [0.2, 0.25) is 0 Å². The Morgan fingerprint density at radius 3 is 2.41 bits per heavy atom. The number of rotatable bonds is 6. The zero-order chi connectivity index (χ0) is 21.0. The number of anilines is 1. The van der Waals surface area contributed by atoms with Crippen LogP contribution in [0.4, 0.5) is 5.69 Å². The van der Waals surface area contributed by atoms with Gasteiger partial charge in [-0.3, -0.25) is 4.79 Å². The minimum absolute atomic E-state index is 0.345. The number of hydrogen-bond acceptors (Lipinski definition) is 6. The molecule has 0 saturated carbocycles. The fourth-order valence-electron chi connectivity index (χ4n) is 2.54. The van der Waals surface area contributed by atoms with E-state index < -0.39 is 24.1 Å². The molecule has 0 spiro atoms. The predicted octanol–water partition coefficient (Wildman–Crippen LogP) is 2.07. The number of hydrogen-bond donors (Lipinski definition) is 3. The zero-order valence-corrected chi connectivity index (χ0v) is 15.7. The monoisotopic (exact) mass is 394 g/mol. The number of nitrogens with one attached hydrogen (secondary N) is 3. The molecule has 2 atom stereocenters. The molecule has 29 heavy (non-hydrogen) atoms. The molecule has 1 heterocycles. The average molecular weight is 394 g/mol. The van der Waals surface area contributed by atoms with Crippen molar-refractivity contribution in [3.8, 4) is 11.8 Å². The number of ether oxygens (including phenoxy) is 2. The second-order valence-electron chi connectivity index (χ2n) is 6.30. The molecule has 0 bridgehead atoms. The minimum Gasteiger partial charge on any atom is -0.479 e. The Hall–Kier alpha value is -4.06. The van der Waals surface area contributed by atoms with Crippen molar-refractivity contribution in [3.05, 3.63) is 58.5 Å². The van der Waals surface area contributed by atoms with Crippen molar-refractivity contribution < 1.29 is 19.1 Å². The Morgan fingerprint density at radius 2 is 1.72 bits per heavy atom. The number of amides is 1. The van der Waals surface area contributed by atoms with Gasteiger partial charge in [0, 0.05) is 5.69 Å². The van der Waals surface area contributed by atoms with E-state index in [1.807, 2.05) is 6.07 Å². The van der Waals surface area contributed by atoms with E-state index in [1.165, 1.54) is 13.8 Å². The van der Waals surface area contributed by atoms with Crippen LogP contribution in [0.3, 0.4) is 0 Å². The van der Waals surface area contributed by atoms with Crippen LogP contribution in [0.15, 0.2) is 47.3 Å². The maximum Gasteiger partial charge on any atom is 0.347 e. The molecule has 3 rings (SSSR count). The lowest BCUT2D eigenvalue weighted by molar-refractivity contribution is -0.159. The molecule has 3 aromatic rings. The normalized spacial score (nSPS) is 12.6. The summed E-state index contributed by atoms with van der Waals surface area (Å²) >= 11 is 0. The van der Waals surface area contributed by atoms with Gasteiger partial charge < -0.3 is 24.8 Å². The first-order chi connectivity index (χ1) is 13.9. The maximum atomic E-state index is 12.3. The molecule has 0 fully saturated rings. The van der Waals surface area contributed by atoms with Gasteiger partial charge in [0.1, 0.15) is 5.75 Å². The fourth-order valence-corrected chi connectivity index (χ4v) is 2.54. The molecule has 3 N–H and O–H groups in total. The van der Waals surface area contributed by atoms with E-state index >= 15 is 0 Å². The number of benzene rings is 2. The SMILES string of the molecule is C[C@H](OC(=O)[C@@H](C)Oc1ccc(C#N)cc1)C(=O)Nc1ccc2[nH]c(=O)[nH]c2c1. The number of nitrogens with zero attached hydrogens (tertiary/aromatic N) is 1. The molecule has 1 aromatic heterocycles. The van der Waals surface area contributed by atoms with Gasteiger partial charge in [-0.25, -0.2) is 9.59 Å². The number of fused-ring (bicyclic) bond motifs is 1. The van der Waals surface area contributed by atoms with Gasteiger partial charge in [0.15, 0.2) is 12.2 Å². The largest absolute Gasteiger partial charge is 0.479 e. The number of carbonyl (C=O) groups is 2. The van der Waals surface area contributed by atoms with Crippen molar-refractivity contribution in [1.29, 1.82) is 5.26 Å². The Kier molecular flexibility index (Phi) is 5.64. The third-order valence-electron chi connectivity index (χ3n) is 4.07. The molecule has 2 aromatic carbocycles. The number of nitriles is 1. The fraction of sp³-hybridized carbons (Fsp3) is 0.200. The van der Waals surface area contributed by atoms with E-state index in [0.29, 0.717) is 28.0 Å². The second kappa shape index (κ2) is 8.31. The molecule has 0 aliphatic carbocycles. The molecule has 9 heteroatoms. The standard InChI is InChI=1S/C20H18N4O5/c1-11(18(25)22-14-5-8-16-17(9-14)24-20(27)23-16)29-19(26)12(2)28-15-6-3-13(10-21)4-7-15/h3-9,11-12H,1-2H3,(H,22,25)(H2,23,24,27)/t11-,12+/m0/s1.